The van der Waals surface area contributed by atoms with Crippen LogP contribution >= 0.6 is 23.5 Å². The van der Waals surface area contributed by atoms with Crippen LogP contribution in [0.15, 0.2) is 48.5 Å². The highest BCUT2D eigenvalue weighted by Crippen LogP contribution is 2.55. The summed E-state index contributed by atoms with van der Waals surface area (Å²) in [6.07, 6.45) is 0.661. The molecule has 11 nitrogen and oxygen atoms in total. The van der Waals surface area contributed by atoms with Gasteiger partial charge in [-0.2, -0.15) is 0 Å². The number of phenols is 1. The van der Waals surface area contributed by atoms with Crippen molar-refractivity contribution >= 4 is 47.2 Å². The number of thioether (sulfide) groups is 2. The minimum atomic E-state index is -0.969. The molecule has 0 aromatic heterocycles. The number of phenolic OH excluding ortho intramolecular Hbond substituents is 1. The molecule has 4 amide bonds. The number of amides is 4. The molecule has 0 saturated carbocycles. The topological polar surface area (TPSA) is 171 Å². The number of hydrogen-bond acceptors (Lipinski definition) is 9. The van der Waals surface area contributed by atoms with E-state index in [2.05, 4.69) is 59.1 Å². The van der Waals surface area contributed by atoms with Gasteiger partial charge in [0.15, 0.2) is 0 Å². The smallest absolute Gasteiger partial charge is 0.249 e. The molecule has 0 radical (unpaired) electrons. The standard InChI is InChI=1S/C36H48N6O5S2/c1-17(2)27-35(5,6)48-33-25(31(46)41(27)33)39-29(44)23(37)20-10-8-19(9-11-20)16-36(7)28(18(3)4)42-32(47)26(34(42)49-36)40-30(45)24(38)21-12-14-22(43)15-13-21/h8-15,17-18,23-28,33-34,43H,16,37-38H2,1-7H3,(H,39,44)(H,40,45). The molecule has 4 fully saturated rings. The largest absolute Gasteiger partial charge is 0.508 e. The van der Waals surface area contributed by atoms with Crippen molar-refractivity contribution in [2.75, 3.05) is 0 Å². The number of fused-ring (bicyclic) bond motifs is 2. The predicted octanol–water partition coefficient (Wildman–Crippen LogP) is 3.02. The Balaban J connectivity index is 1.08. The Labute approximate surface area is 296 Å². The van der Waals surface area contributed by atoms with Crippen LogP contribution in [-0.2, 0) is 25.6 Å². The van der Waals surface area contributed by atoms with Gasteiger partial charge in [0.05, 0.1) is 6.04 Å². The lowest BCUT2D eigenvalue weighted by Gasteiger charge is -2.46. The third kappa shape index (κ3) is 6.10. The molecule has 0 spiro atoms. The van der Waals surface area contributed by atoms with Gasteiger partial charge >= 0.3 is 0 Å². The van der Waals surface area contributed by atoms with Gasteiger partial charge < -0.3 is 37.0 Å². The van der Waals surface area contributed by atoms with Gasteiger partial charge in [0.1, 0.15) is 40.7 Å². The van der Waals surface area contributed by atoms with Crippen molar-refractivity contribution in [3.8, 4) is 5.75 Å². The monoisotopic (exact) mass is 708 g/mol. The lowest BCUT2D eigenvalue weighted by atomic mass is 9.83. The summed E-state index contributed by atoms with van der Waals surface area (Å²) in [5, 5.41) is 15.1. The Bertz CT molecular complexity index is 1640. The Morgan fingerprint density at radius 1 is 0.755 bits per heavy atom. The molecule has 6 rings (SSSR count). The highest BCUT2D eigenvalue weighted by Gasteiger charge is 2.64. The van der Waals surface area contributed by atoms with Crippen molar-refractivity contribution in [2.45, 2.75) is 111 Å². The highest BCUT2D eigenvalue weighted by atomic mass is 32.2. The molecule has 0 bridgehead atoms. The summed E-state index contributed by atoms with van der Waals surface area (Å²) < 4.78 is -0.444. The van der Waals surface area contributed by atoms with Crippen molar-refractivity contribution in [1.29, 1.82) is 0 Å². The number of nitrogens with two attached hydrogens (primary N) is 2. The van der Waals surface area contributed by atoms with E-state index in [1.807, 2.05) is 34.1 Å². The summed E-state index contributed by atoms with van der Waals surface area (Å²) in [6, 6.07) is 10.7. The Morgan fingerprint density at radius 2 is 1.18 bits per heavy atom. The highest BCUT2D eigenvalue weighted by molar-refractivity contribution is 8.02. The second-order valence-electron chi connectivity index (χ2n) is 15.2. The van der Waals surface area contributed by atoms with E-state index in [9.17, 15) is 24.3 Å². The van der Waals surface area contributed by atoms with Crippen molar-refractivity contribution in [2.24, 2.45) is 23.3 Å². The fourth-order valence-electron chi connectivity index (χ4n) is 8.45. The Hall–Kier alpha value is -3.26. The molecule has 4 saturated heterocycles. The first-order valence-electron chi connectivity index (χ1n) is 16.9. The van der Waals surface area contributed by atoms with Crippen LogP contribution in [0.1, 0.15) is 77.2 Å². The number of carbonyl (C=O) groups is 4. The van der Waals surface area contributed by atoms with E-state index in [4.69, 9.17) is 11.5 Å². The van der Waals surface area contributed by atoms with Crippen LogP contribution in [0, 0.1) is 11.8 Å². The zero-order valence-corrected chi connectivity index (χ0v) is 30.7. The minimum Gasteiger partial charge on any atom is -0.508 e. The second-order valence-corrected chi connectivity index (χ2v) is 18.7. The molecule has 7 N–H and O–H groups in total. The molecule has 4 heterocycles. The van der Waals surface area contributed by atoms with E-state index >= 15 is 0 Å². The zero-order valence-electron chi connectivity index (χ0n) is 29.0. The molecule has 13 heteroatoms. The fourth-order valence-corrected chi connectivity index (χ4v) is 12.3. The number of carbonyl (C=O) groups excluding carboxylic acids is 4. The van der Waals surface area contributed by atoms with E-state index < -0.39 is 30.1 Å². The van der Waals surface area contributed by atoms with Gasteiger partial charge in [0.25, 0.3) is 0 Å². The molecule has 2 aromatic rings. The zero-order chi connectivity index (χ0) is 35.7. The summed E-state index contributed by atoms with van der Waals surface area (Å²) in [7, 11) is 0. The van der Waals surface area contributed by atoms with Crippen molar-refractivity contribution in [3.63, 3.8) is 0 Å². The van der Waals surface area contributed by atoms with Crippen molar-refractivity contribution < 1.29 is 24.3 Å². The number of β-lactam (4-membered cyclic amide) rings is 2. The second kappa shape index (κ2) is 12.8. The summed E-state index contributed by atoms with van der Waals surface area (Å²) in [5.41, 5.74) is 14.8. The molecule has 4 aliphatic rings. The van der Waals surface area contributed by atoms with Crippen LogP contribution in [-0.4, -0.2) is 82.9 Å². The molecule has 9 unspecified atom stereocenters. The molecular formula is C36H48N6O5S2. The van der Waals surface area contributed by atoms with Gasteiger partial charge in [-0.1, -0.05) is 64.1 Å². The van der Waals surface area contributed by atoms with Gasteiger partial charge in [0.2, 0.25) is 23.6 Å². The number of hydrogen-bond donors (Lipinski definition) is 5. The van der Waals surface area contributed by atoms with Crippen LogP contribution in [0.4, 0.5) is 0 Å². The number of aromatic hydroxyl groups is 1. The molecule has 49 heavy (non-hydrogen) atoms. The van der Waals surface area contributed by atoms with Gasteiger partial charge in [-0.15, -0.1) is 23.5 Å². The van der Waals surface area contributed by atoms with E-state index in [0.717, 1.165) is 5.56 Å². The predicted molar refractivity (Wildman–Crippen MR) is 192 cm³/mol. The van der Waals surface area contributed by atoms with E-state index in [1.165, 1.54) is 12.1 Å². The Morgan fingerprint density at radius 3 is 1.65 bits per heavy atom. The van der Waals surface area contributed by atoms with Crippen LogP contribution < -0.4 is 22.1 Å². The van der Waals surface area contributed by atoms with E-state index in [-0.39, 0.29) is 61.7 Å². The van der Waals surface area contributed by atoms with Gasteiger partial charge in [-0.3, -0.25) is 19.2 Å². The normalized spacial score (nSPS) is 31.2. The lowest BCUT2D eigenvalue weighted by Crippen LogP contribution is -2.70. The maximum Gasteiger partial charge on any atom is 0.249 e. The van der Waals surface area contributed by atoms with Gasteiger partial charge in [0, 0.05) is 15.5 Å². The van der Waals surface area contributed by atoms with Gasteiger partial charge in [-0.25, -0.2) is 0 Å². The minimum absolute atomic E-state index is 0.0510. The molecule has 9 atom stereocenters. The first kappa shape index (κ1) is 35.6. The number of nitrogens with one attached hydrogen (secondary N) is 2. The first-order valence-corrected chi connectivity index (χ1v) is 18.7. The number of nitrogens with zero attached hydrogens (tertiary/aromatic N) is 2. The number of benzene rings is 2. The maximum absolute atomic E-state index is 13.4. The third-order valence-electron chi connectivity index (χ3n) is 10.5. The van der Waals surface area contributed by atoms with Crippen molar-refractivity contribution in [3.05, 3.63) is 65.2 Å². The number of rotatable bonds is 10. The third-order valence-corrected chi connectivity index (χ3v) is 13.7. The maximum atomic E-state index is 13.4. The Kier molecular flexibility index (Phi) is 9.30. The summed E-state index contributed by atoms with van der Waals surface area (Å²) in [4.78, 5) is 56.6. The van der Waals surface area contributed by atoms with Gasteiger partial charge in [-0.05, 0) is 67.9 Å². The summed E-state index contributed by atoms with van der Waals surface area (Å²) in [5.74, 6) is -0.433. The van der Waals surface area contributed by atoms with E-state index in [0.29, 0.717) is 23.5 Å². The fraction of sp³-hybridized carbons (Fsp3) is 0.556. The van der Waals surface area contributed by atoms with Crippen molar-refractivity contribution in [1.82, 2.24) is 20.4 Å². The van der Waals surface area contributed by atoms with Crippen LogP contribution in [0.3, 0.4) is 0 Å². The average molecular weight is 709 g/mol. The molecule has 264 valence electrons. The summed E-state index contributed by atoms with van der Waals surface area (Å²) in [6.45, 7) is 14.9. The van der Waals surface area contributed by atoms with Crippen LogP contribution in [0.5, 0.6) is 5.75 Å². The quantitative estimate of drug-likeness (QED) is 0.233. The van der Waals surface area contributed by atoms with Crippen LogP contribution in [0.2, 0.25) is 0 Å². The van der Waals surface area contributed by atoms with Crippen LogP contribution in [0.25, 0.3) is 0 Å². The molecule has 0 aliphatic carbocycles. The first-order chi connectivity index (χ1) is 22.9. The molecule has 2 aromatic carbocycles. The summed E-state index contributed by atoms with van der Waals surface area (Å²) >= 11 is 3.42. The van der Waals surface area contributed by atoms with E-state index in [1.54, 1.807) is 35.7 Å². The average Bonchev–Trinajstić information content (AvgIpc) is 3.47. The lowest BCUT2D eigenvalue weighted by molar-refractivity contribution is -0.153. The molecular weight excluding hydrogens is 661 g/mol. The molecule has 4 aliphatic heterocycles. The SMILES string of the molecule is CC(C)C1N2C(=O)C(NC(=O)C(N)c3ccc(CC4(C)SC5C(NC(=O)C(N)c6ccc(O)cc6)C(=O)N5C4C(C)C)cc3)C2SC1(C)C.